The van der Waals surface area contributed by atoms with Crippen LogP contribution in [0.3, 0.4) is 0 Å². The van der Waals surface area contributed by atoms with E-state index in [9.17, 15) is 4.79 Å². The van der Waals surface area contributed by atoms with E-state index >= 15 is 0 Å². The molecule has 76 valence electrons. The average Bonchev–Trinajstić information content (AvgIpc) is 2.50. The zero-order chi connectivity index (χ0) is 9.90. The zero-order valence-corrected chi connectivity index (χ0v) is 8.59. The van der Waals surface area contributed by atoms with Crippen molar-refractivity contribution in [1.29, 1.82) is 0 Å². The molecule has 1 aliphatic rings. The highest BCUT2D eigenvalue weighted by Crippen LogP contribution is 2.04. The summed E-state index contributed by atoms with van der Waals surface area (Å²) < 4.78 is 0. The first-order valence-corrected chi connectivity index (χ1v) is 4.67. The van der Waals surface area contributed by atoms with Gasteiger partial charge in [-0.2, -0.15) is 0 Å². The first kappa shape index (κ1) is 10.5. The molecule has 0 aromatic carbocycles. The normalized spacial score (nSPS) is 17.9. The van der Waals surface area contributed by atoms with Gasteiger partial charge in [-0.15, -0.1) is 0 Å². The van der Waals surface area contributed by atoms with E-state index in [0.717, 1.165) is 13.0 Å². The number of rotatable bonds is 2. The van der Waals surface area contributed by atoms with Crippen LogP contribution in [0.25, 0.3) is 0 Å². The van der Waals surface area contributed by atoms with Crippen molar-refractivity contribution in [2.45, 2.75) is 32.7 Å². The lowest BCUT2D eigenvalue weighted by Gasteiger charge is -2.22. The summed E-state index contributed by atoms with van der Waals surface area (Å²) in [4.78, 5) is 16.6. The minimum atomic E-state index is -0.0185. The van der Waals surface area contributed by atoms with Crippen LogP contribution >= 0.6 is 0 Å². The Bertz CT molecular complexity index is 181. The van der Waals surface area contributed by atoms with Gasteiger partial charge in [0.2, 0.25) is 0 Å². The lowest BCUT2D eigenvalue weighted by atomic mass is 10.1. The molecule has 1 fully saturated rings. The monoisotopic (exact) mass is 186 g/mol. The molecule has 0 spiro atoms. The minimum Gasteiger partial charge on any atom is -0.304 e. The van der Waals surface area contributed by atoms with Crippen molar-refractivity contribution < 1.29 is 9.63 Å². The summed E-state index contributed by atoms with van der Waals surface area (Å²) in [5, 5.41) is 4.57. The smallest absolute Gasteiger partial charge is 0.260 e. The van der Waals surface area contributed by atoms with Gasteiger partial charge in [0.15, 0.2) is 0 Å². The highest BCUT2D eigenvalue weighted by molar-refractivity contribution is 5.77. The van der Waals surface area contributed by atoms with Crippen molar-refractivity contribution in [3.05, 3.63) is 0 Å². The fraction of sp³-hybridized carbons (Fsp3) is 0.889. The molecule has 1 aliphatic heterocycles. The third-order valence-electron chi connectivity index (χ3n) is 1.80. The van der Waals surface area contributed by atoms with Gasteiger partial charge < -0.3 is 5.32 Å². The van der Waals surface area contributed by atoms with Crippen LogP contribution in [0.5, 0.6) is 0 Å². The Kier molecular flexibility index (Phi) is 3.27. The molecule has 0 aliphatic carbocycles. The molecule has 0 unspecified atom stereocenters. The number of nitrogens with one attached hydrogen (secondary N) is 1. The van der Waals surface area contributed by atoms with E-state index in [1.165, 1.54) is 5.06 Å². The molecule has 0 aromatic heterocycles. The van der Waals surface area contributed by atoms with Crippen LogP contribution in [-0.4, -0.2) is 36.2 Å². The van der Waals surface area contributed by atoms with Gasteiger partial charge in [0.25, 0.3) is 5.91 Å². The third kappa shape index (κ3) is 3.74. The van der Waals surface area contributed by atoms with Crippen LogP contribution in [0.1, 0.15) is 27.2 Å². The molecule has 1 N–H and O–H groups in total. The van der Waals surface area contributed by atoms with Crippen LogP contribution in [-0.2, 0) is 9.63 Å². The van der Waals surface area contributed by atoms with Crippen LogP contribution < -0.4 is 5.32 Å². The molecule has 0 atom stereocenters. The van der Waals surface area contributed by atoms with Gasteiger partial charge >= 0.3 is 0 Å². The topological polar surface area (TPSA) is 41.6 Å². The molecule has 0 aromatic rings. The number of carbonyl (C=O) groups is 1. The van der Waals surface area contributed by atoms with Crippen LogP contribution in [0.15, 0.2) is 0 Å². The van der Waals surface area contributed by atoms with Crippen molar-refractivity contribution in [1.82, 2.24) is 10.4 Å². The van der Waals surface area contributed by atoms with Crippen molar-refractivity contribution in [2.24, 2.45) is 0 Å². The molecular formula is C9H18N2O2. The predicted octanol–water partition coefficient (Wildman–Crippen LogP) is 0.538. The summed E-state index contributed by atoms with van der Waals surface area (Å²) in [5.74, 6) is 0.0208. The second-order valence-corrected chi connectivity index (χ2v) is 4.29. The Labute approximate surface area is 79.2 Å². The van der Waals surface area contributed by atoms with Crippen molar-refractivity contribution >= 4 is 5.91 Å². The van der Waals surface area contributed by atoms with Gasteiger partial charge in [0.05, 0.1) is 19.7 Å². The third-order valence-corrected chi connectivity index (χ3v) is 1.80. The Morgan fingerprint density at radius 2 is 2.23 bits per heavy atom. The standard InChI is InChI=1S/C9H18N2O2/c1-9(2,3)10-7-8(12)11-5-4-6-13-11/h10H,4-7H2,1-3H3. The number of hydrogen-bond acceptors (Lipinski definition) is 3. The van der Waals surface area contributed by atoms with E-state index in [0.29, 0.717) is 13.2 Å². The average molecular weight is 186 g/mol. The first-order chi connectivity index (χ1) is 5.99. The lowest BCUT2D eigenvalue weighted by Crippen LogP contribution is -2.43. The summed E-state index contributed by atoms with van der Waals surface area (Å²) in [6.07, 6.45) is 0.946. The van der Waals surface area contributed by atoms with Gasteiger partial charge in [0.1, 0.15) is 0 Å². The summed E-state index contributed by atoms with van der Waals surface area (Å²) in [6.45, 7) is 7.84. The maximum absolute atomic E-state index is 11.4. The maximum atomic E-state index is 11.4. The Morgan fingerprint density at radius 3 is 2.69 bits per heavy atom. The van der Waals surface area contributed by atoms with Gasteiger partial charge in [0, 0.05) is 5.54 Å². The van der Waals surface area contributed by atoms with E-state index in [4.69, 9.17) is 4.84 Å². The predicted molar refractivity (Wildman–Crippen MR) is 50.0 cm³/mol. The molecule has 1 amide bonds. The quantitative estimate of drug-likeness (QED) is 0.684. The van der Waals surface area contributed by atoms with Crippen LogP contribution in [0, 0.1) is 0 Å². The molecule has 1 saturated heterocycles. The number of carbonyl (C=O) groups excluding carboxylic acids is 1. The lowest BCUT2D eigenvalue weighted by molar-refractivity contribution is -0.167. The maximum Gasteiger partial charge on any atom is 0.260 e. The second-order valence-electron chi connectivity index (χ2n) is 4.29. The molecule has 4 heteroatoms. The molecular weight excluding hydrogens is 168 g/mol. The Balaban J connectivity index is 2.25. The second kappa shape index (κ2) is 4.07. The fourth-order valence-electron chi connectivity index (χ4n) is 1.07. The summed E-state index contributed by atoms with van der Waals surface area (Å²) in [7, 11) is 0. The molecule has 0 radical (unpaired) electrons. The summed E-state index contributed by atoms with van der Waals surface area (Å²) in [6, 6.07) is 0. The largest absolute Gasteiger partial charge is 0.304 e. The highest BCUT2D eigenvalue weighted by Gasteiger charge is 2.20. The number of hydroxylamine groups is 2. The van der Waals surface area contributed by atoms with Gasteiger partial charge in [-0.25, -0.2) is 5.06 Å². The molecule has 13 heavy (non-hydrogen) atoms. The van der Waals surface area contributed by atoms with E-state index in [1.807, 2.05) is 20.8 Å². The molecule has 0 saturated carbocycles. The summed E-state index contributed by atoms with van der Waals surface area (Å²) >= 11 is 0. The van der Waals surface area contributed by atoms with Crippen molar-refractivity contribution in [3.8, 4) is 0 Å². The highest BCUT2D eigenvalue weighted by atomic mass is 16.7. The SMILES string of the molecule is CC(C)(C)NCC(=O)N1CCCO1. The number of nitrogens with zero attached hydrogens (tertiary/aromatic N) is 1. The first-order valence-electron chi connectivity index (χ1n) is 4.67. The molecule has 0 bridgehead atoms. The molecule has 1 rings (SSSR count). The molecule has 4 nitrogen and oxygen atoms in total. The zero-order valence-electron chi connectivity index (χ0n) is 8.59. The van der Waals surface area contributed by atoms with Crippen molar-refractivity contribution in [3.63, 3.8) is 0 Å². The van der Waals surface area contributed by atoms with Crippen molar-refractivity contribution in [2.75, 3.05) is 19.7 Å². The molecule has 1 heterocycles. The number of hydrogen-bond donors (Lipinski definition) is 1. The van der Waals surface area contributed by atoms with Gasteiger partial charge in [-0.3, -0.25) is 9.63 Å². The van der Waals surface area contributed by atoms with Gasteiger partial charge in [-0.05, 0) is 27.2 Å². The van der Waals surface area contributed by atoms with E-state index < -0.39 is 0 Å². The van der Waals surface area contributed by atoms with E-state index in [-0.39, 0.29) is 11.4 Å². The van der Waals surface area contributed by atoms with E-state index in [1.54, 1.807) is 0 Å². The number of amides is 1. The van der Waals surface area contributed by atoms with Crippen LogP contribution in [0.4, 0.5) is 0 Å². The van der Waals surface area contributed by atoms with Crippen LogP contribution in [0.2, 0.25) is 0 Å². The van der Waals surface area contributed by atoms with Gasteiger partial charge in [-0.1, -0.05) is 0 Å². The van der Waals surface area contributed by atoms with E-state index in [2.05, 4.69) is 5.32 Å². The summed E-state index contributed by atoms with van der Waals surface area (Å²) in [5.41, 5.74) is -0.0185. The Hall–Kier alpha value is -0.610. The Morgan fingerprint density at radius 1 is 1.54 bits per heavy atom. The fourth-order valence-corrected chi connectivity index (χ4v) is 1.07. The minimum absolute atomic E-state index is 0.0185.